The Morgan fingerprint density at radius 3 is 2.52 bits per heavy atom. The van der Waals surface area contributed by atoms with Crippen molar-refractivity contribution in [1.82, 2.24) is 5.32 Å². The van der Waals surface area contributed by atoms with Crippen molar-refractivity contribution in [2.75, 3.05) is 41.1 Å². The first-order valence-corrected chi connectivity index (χ1v) is 7.95. The van der Waals surface area contributed by atoms with Gasteiger partial charge in [0.2, 0.25) is 5.75 Å². The molecule has 1 aromatic carbocycles. The summed E-state index contributed by atoms with van der Waals surface area (Å²) in [5.74, 6) is -0.188. The summed E-state index contributed by atoms with van der Waals surface area (Å²) >= 11 is 0. The smallest absolute Gasteiger partial charge is 0.342 e. The van der Waals surface area contributed by atoms with Crippen LogP contribution < -0.4 is 19.5 Å². The van der Waals surface area contributed by atoms with Gasteiger partial charge in [0, 0.05) is 13.2 Å². The lowest BCUT2D eigenvalue weighted by atomic mass is 10.1. The number of carbonyl (C=O) groups excluding carboxylic acids is 2. The van der Waals surface area contributed by atoms with Crippen molar-refractivity contribution in [2.24, 2.45) is 0 Å². The number of methoxy groups -OCH3 is 3. The van der Waals surface area contributed by atoms with Crippen LogP contribution in [-0.4, -0.2) is 59.1 Å². The average Bonchev–Trinajstić information content (AvgIpc) is 3.16. The molecule has 1 N–H and O–H groups in total. The van der Waals surface area contributed by atoms with Crippen LogP contribution in [-0.2, 0) is 14.3 Å². The summed E-state index contributed by atoms with van der Waals surface area (Å²) in [5.41, 5.74) is 0.145. The van der Waals surface area contributed by atoms with Crippen LogP contribution in [0.3, 0.4) is 0 Å². The first-order chi connectivity index (χ1) is 12.1. The second-order valence-electron chi connectivity index (χ2n) is 5.40. The first-order valence-electron chi connectivity index (χ1n) is 7.95. The molecule has 0 aromatic heterocycles. The molecule has 0 bridgehead atoms. The van der Waals surface area contributed by atoms with Crippen molar-refractivity contribution in [3.05, 3.63) is 17.7 Å². The molecule has 1 aliphatic rings. The van der Waals surface area contributed by atoms with E-state index in [-0.39, 0.29) is 35.7 Å². The van der Waals surface area contributed by atoms with E-state index in [1.165, 1.54) is 27.4 Å². The third-order valence-corrected chi connectivity index (χ3v) is 3.81. The Bertz CT molecular complexity index is 611. The summed E-state index contributed by atoms with van der Waals surface area (Å²) < 4.78 is 26.1. The molecule has 0 saturated carbocycles. The molecule has 0 radical (unpaired) electrons. The molecule has 1 aromatic rings. The lowest BCUT2D eigenvalue weighted by Crippen LogP contribution is -2.34. The van der Waals surface area contributed by atoms with Gasteiger partial charge in [0.15, 0.2) is 18.1 Å². The second-order valence-corrected chi connectivity index (χ2v) is 5.40. The van der Waals surface area contributed by atoms with E-state index in [2.05, 4.69) is 5.32 Å². The highest BCUT2D eigenvalue weighted by molar-refractivity contribution is 5.95. The van der Waals surface area contributed by atoms with E-state index in [1.807, 2.05) is 0 Å². The monoisotopic (exact) mass is 353 g/mol. The van der Waals surface area contributed by atoms with Crippen molar-refractivity contribution in [3.8, 4) is 17.2 Å². The fourth-order valence-electron chi connectivity index (χ4n) is 2.55. The fourth-order valence-corrected chi connectivity index (χ4v) is 2.55. The van der Waals surface area contributed by atoms with Crippen molar-refractivity contribution in [1.29, 1.82) is 0 Å². The maximum absolute atomic E-state index is 12.3. The van der Waals surface area contributed by atoms with Gasteiger partial charge in [-0.15, -0.1) is 0 Å². The molecule has 1 saturated heterocycles. The van der Waals surface area contributed by atoms with Crippen LogP contribution in [0.15, 0.2) is 12.1 Å². The third kappa shape index (κ3) is 4.76. The van der Waals surface area contributed by atoms with Crippen LogP contribution >= 0.6 is 0 Å². The Morgan fingerprint density at radius 2 is 1.92 bits per heavy atom. The summed E-state index contributed by atoms with van der Waals surface area (Å²) in [4.78, 5) is 24.0. The van der Waals surface area contributed by atoms with Crippen LogP contribution in [0.5, 0.6) is 17.2 Å². The molecule has 25 heavy (non-hydrogen) atoms. The lowest BCUT2D eigenvalue weighted by Gasteiger charge is -2.15. The third-order valence-electron chi connectivity index (χ3n) is 3.81. The summed E-state index contributed by atoms with van der Waals surface area (Å²) in [6.45, 7) is 0.744. The normalized spacial score (nSPS) is 16.2. The number of rotatable bonds is 8. The van der Waals surface area contributed by atoms with Crippen LogP contribution in [0.4, 0.5) is 0 Å². The molecule has 2 rings (SSSR count). The zero-order chi connectivity index (χ0) is 18.2. The molecule has 1 atom stereocenters. The number of hydrogen-bond acceptors (Lipinski definition) is 7. The van der Waals surface area contributed by atoms with Crippen LogP contribution in [0.25, 0.3) is 0 Å². The summed E-state index contributed by atoms with van der Waals surface area (Å²) in [6, 6.07) is 3.06. The average molecular weight is 353 g/mol. The minimum absolute atomic E-state index is 0.0330. The molecular weight excluding hydrogens is 330 g/mol. The van der Waals surface area contributed by atoms with Crippen molar-refractivity contribution >= 4 is 11.9 Å². The zero-order valence-electron chi connectivity index (χ0n) is 14.6. The number of ether oxygens (including phenoxy) is 5. The minimum atomic E-state index is -0.690. The van der Waals surface area contributed by atoms with E-state index in [9.17, 15) is 9.59 Å². The molecule has 1 fully saturated rings. The molecule has 8 nitrogen and oxygen atoms in total. The van der Waals surface area contributed by atoms with Gasteiger partial charge >= 0.3 is 5.97 Å². The van der Waals surface area contributed by atoms with Crippen LogP contribution in [0.1, 0.15) is 23.2 Å². The quantitative estimate of drug-likeness (QED) is 0.701. The highest BCUT2D eigenvalue weighted by atomic mass is 16.5. The Labute approximate surface area is 146 Å². The molecule has 0 aliphatic carbocycles. The van der Waals surface area contributed by atoms with Gasteiger partial charge in [-0.25, -0.2) is 4.79 Å². The molecule has 1 aliphatic heterocycles. The highest BCUT2D eigenvalue weighted by Gasteiger charge is 2.22. The molecule has 0 unspecified atom stereocenters. The van der Waals surface area contributed by atoms with Crippen molar-refractivity contribution in [3.63, 3.8) is 0 Å². The van der Waals surface area contributed by atoms with E-state index < -0.39 is 5.97 Å². The lowest BCUT2D eigenvalue weighted by molar-refractivity contribution is -0.124. The van der Waals surface area contributed by atoms with Crippen LogP contribution in [0.2, 0.25) is 0 Å². The highest BCUT2D eigenvalue weighted by Crippen LogP contribution is 2.39. The topological polar surface area (TPSA) is 92.3 Å². The number of nitrogens with one attached hydrogen (secondary N) is 1. The van der Waals surface area contributed by atoms with Crippen LogP contribution in [0, 0.1) is 0 Å². The Kier molecular flexibility index (Phi) is 6.88. The van der Waals surface area contributed by atoms with Gasteiger partial charge in [0.05, 0.1) is 27.4 Å². The minimum Gasteiger partial charge on any atom is -0.493 e. The standard InChI is InChI=1S/C17H23NO7/c1-21-13-7-6-12(15(22-2)16(13)23-3)17(20)25-10-14(19)18-9-11-5-4-8-24-11/h6-7,11H,4-5,8-10H2,1-3H3,(H,18,19)/t11-/m1/s1. The van der Waals surface area contributed by atoms with Gasteiger partial charge in [-0.1, -0.05) is 0 Å². The molecule has 0 spiro atoms. The molecule has 1 amide bonds. The summed E-state index contributed by atoms with van der Waals surface area (Å²) in [5, 5.41) is 2.68. The maximum atomic E-state index is 12.3. The van der Waals surface area contributed by atoms with E-state index in [0.717, 1.165) is 12.8 Å². The number of esters is 1. The predicted molar refractivity (Wildman–Crippen MR) is 88.4 cm³/mol. The Balaban J connectivity index is 1.94. The maximum Gasteiger partial charge on any atom is 0.342 e. The molecular formula is C17H23NO7. The van der Waals surface area contributed by atoms with Gasteiger partial charge in [-0.2, -0.15) is 0 Å². The predicted octanol–water partition coefficient (Wildman–Crippen LogP) is 1.16. The fraction of sp³-hybridized carbons (Fsp3) is 0.529. The number of hydrogen-bond donors (Lipinski definition) is 1. The SMILES string of the molecule is COc1ccc(C(=O)OCC(=O)NC[C@H]2CCCO2)c(OC)c1OC. The summed E-state index contributed by atoms with van der Waals surface area (Å²) in [6.07, 6.45) is 1.95. The molecule has 138 valence electrons. The molecule has 1 heterocycles. The second kappa shape index (κ2) is 9.12. The zero-order valence-corrected chi connectivity index (χ0v) is 14.6. The van der Waals surface area contributed by atoms with E-state index in [4.69, 9.17) is 23.7 Å². The Morgan fingerprint density at radius 1 is 1.16 bits per heavy atom. The van der Waals surface area contributed by atoms with E-state index in [1.54, 1.807) is 6.07 Å². The first kappa shape index (κ1) is 18.9. The van der Waals surface area contributed by atoms with Gasteiger partial charge in [0.1, 0.15) is 5.56 Å². The number of amides is 1. The van der Waals surface area contributed by atoms with E-state index in [0.29, 0.717) is 18.9 Å². The summed E-state index contributed by atoms with van der Waals surface area (Å²) in [7, 11) is 4.32. The van der Waals surface area contributed by atoms with Crippen molar-refractivity contribution < 1.29 is 33.3 Å². The van der Waals surface area contributed by atoms with Gasteiger partial charge < -0.3 is 29.0 Å². The van der Waals surface area contributed by atoms with E-state index >= 15 is 0 Å². The van der Waals surface area contributed by atoms with Gasteiger partial charge in [-0.05, 0) is 25.0 Å². The largest absolute Gasteiger partial charge is 0.493 e. The number of benzene rings is 1. The number of carbonyl (C=O) groups is 2. The Hall–Kier alpha value is -2.48. The van der Waals surface area contributed by atoms with Gasteiger partial charge in [-0.3, -0.25) is 4.79 Å². The van der Waals surface area contributed by atoms with Crippen molar-refractivity contribution in [2.45, 2.75) is 18.9 Å². The van der Waals surface area contributed by atoms with Gasteiger partial charge in [0.25, 0.3) is 5.91 Å². The molecule has 8 heteroatoms.